The van der Waals surface area contributed by atoms with Crippen LogP contribution in [0.3, 0.4) is 0 Å². The zero-order chi connectivity index (χ0) is 18.3. The summed E-state index contributed by atoms with van der Waals surface area (Å²) in [7, 11) is 1.89. The highest BCUT2D eigenvalue weighted by Crippen LogP contribution is 2.29. The predicted octanol–water partition coefficient (Wildman–Crippen LogP) is 4.87. The van der Waals surface area contributed by atoms with E-state index in [9.17, 15) is 18.0 Å². The molecule has 0 unspecified atom stereocenters. The molecule has 0 fully saturated rings. The van der Waals surface area contributed by atoms with Crippen molar-refractivity contribution in [2.75, 3.05) is 20.2 Å². The molecule has 4 nitrogen and oxygen atoms in total. The largest absolute Gasteiger partial charge is 0.462 e. The number of esters is 1. The van der Waals surface area contributed by atoms with Crippen LogP contribution in [0.4, 0.5) is 18.9 Å². The van der Waals surface area contributed by atoms with Gasteiger partial charge in [-0.1, -0.05) is 0 Å². The van der Waals surface area contributed by atoms with Gasteiger partial charge in [0.15, 0.2) is 0 Å². The van der Waals surface area contributed by atoms with Crippen molar-refractivity contribution < 1.29 is 22.7 Å². The number of hydrogen-bond donors (Lipinski definition) is 0. The number of ether oxygens (including phenoxy) is 1. The smallest absolute Gasteiger partial charge is 0.389 e. The fraction of sp³-hybridized carbons (Fsp3) is 0.500. The van der Waals surface area contributed by atoms with Gasteiger partial charge in [-0.05, 0) is 53.9 Å². The van der Waals surface area contributed by atoms with Gasteiger partial charge in [-0.15, -0.1) is 0 Å². The summed E-state index contributed by atoms with van der Waals surface area (Å²) in [6.07, 6.45) is -3.78. The number of hydrogen-bond acceptors (Lipinski definition) is 3. The molecule has 8 heteroatoms. The lowest BCUT2D eigenvalue weighted by molar-refractivity contribution is -0.137. The van der Waals surface area contributed by atoms with E-state index in [1.54, 1.807) is 25.4 Å². The first-order valence-corrected chi connectivity index (χ1v) is 8.21. The van der Waals surface area contributed by atoms with Crippen molar-refractivity contribution in [2.45, 2.75) is 32.9 Å². The lowest BCUT2D eigenvalue weighted by Gasteiger charge is -2.11. The van der Waals surface area contributed by atoms with Gasteiger partial charge in [-0.25, -0.2) is 9.79 Å². The van der Waals surface area contributed by atoms with Gasteiger partial charge >= 0.3 is 12.1 Å². The second-order valence-electron chi connectivity index (χ2n) is 5.29. The molecule has 0 radical (unpaired) electrons. The van der Waals surface area contributed by atoms with Crippen molar-refractivity contribution in [3.63, 3.8) is 0 Å². The van der Waals surface area contributed by atoms with Crippen LogP contribution in [0.15, 0.2) is 21.6 Å². The maximum Gasteiger partial charge on any atom is 0.389 e. The zero-order valence-electron chi connectivity index (χ0n) is 13.8. The summed E-state index contributed by atoms with van der Waals surface area (Å²) in [5, 5.41) is 0. The maximum absolute atomic E-state index is 12.1. The second kappa shape index (κ2) is 9.05. The quantitative estimate of drug-likeness (QED) is 0.279. The monoisotopic (exact) mass is 408 g/mol. The predicted molar refractivity (Wildman–Crippen MR) is 90.9 cm³/mol. The van der Waals surface area contributed by atoms with E-state index in [2.05, 4.69) is 20.9 Å². The molecule has 1 aromatic rings. The van der Waals surface area contributed by atoms with Gasteiger partial charge in [-0.2, -0.15) is 13.2 Å². The molecule has 0 atom stereocenters. The summed E-state index contributed by atoms with van der Waals surface area (Å²) in [6.45, 7) is 4.25. The highest BCUT2D eigenvalue weighted by Gasteiger charge is 2.26. The summed E-state index contributed by atoms with van der Waals surface area (Å²) < 4.78 is 41.7. The van der Waals surface area contributed by atoms with E-state index >= 15 is 0 Å². The molecule has 0 aromatic heterocycles. The van der Waals surface area contributed by atoms with Crippen LogP contribution in [-0.4, -0.2) is 43.6 Å². The Balaban J connectivity index is 2.74. The number of benzene rings is 1. The molecule has 0 N–H and O–H groups in total. The normalized spacial score (nSPS) is 11.8. The Morgan fingerprint density at radius 3 is 2.67 bits per heavy atom. The van der Waals surface area contributed by atoms with Crippen LogP contribution >= 0.6 is 15.9 Å². The van der Waals surface area contributed by atoms with Gasteiger partial charge in [0.25, 0.3) is 0 Å². The molecular weight excluding hydrogens is 389 g/mol. The Morgan fingerprint density at radius 2 is 2.08 bits per heavy atom. The number of halogens is 4. The first kappa shape index (κ1) is 20.5. The molecule has 24 heavy (non-hydrogen) atoms. The minimum atomic E-state index is -4.24. The third-order valence-electron chi connectivity index (χ3n) is 3.24. The highest BCUT2D eigenvalue weighted by molar-refractivity contribution is 9.10. The van der Waals surface area contributed by atoms with Crippen molar-refractivity contribution in [3.8, 4) is 0 Å². The van der Waals surface area contributed by atoms with Crippen molar-refractivity contribution in [1.82, 2.24) is 4.90 Å². The fourth-order valence-corrected chi connectivity index (χ4v) is 2.19. The first-order chi connectivity index (χ1) is 11.1. The third-order valence-corrected chi connectivity index (χ3v) is 3.88. The lowest BCUT2D eigenvalue weighted by atomic mass is 10.1. The van der Waals surface area contributed by atoms with Crippen LogP contribution in [-0.2, 0) is 4.74 Å². The number of carbonyl (C=O) groups excluding carboxylic acids is 1. The zero-order valence-corrected chi connectivity index (χ0v) is 15.4. The summed E-state index contributed by atoms with van der Waals surface area (Å²) >= 11 is 3.34. The minimum absolute atomic E-state index is 0.249. The van der Waals surface area contributed by atoms with E-state index in [4.69, 9.17) is 4.74 Å². The lowest BCUT2D eigenvalue weighted by Crippen LogP contribution is -2.14. The standard InChI is InChI=1S/C16H20BrF3N2O2/c1-4-22(3)10-21-14-8-11(2)12(9-13(14)17)15(23)24-7-5-6-16(18,19)20/h8-10H,4-7H2,1-3H3/b21-10+. The van der Waals surface area contributed by atoms with Gasteiger partial charge in [0.1, 0.15) is 0 Å². The van der Waals surface area contributed by atoms with E-state index in [0.717, 1.165) is 6.54 Å². The molecule has 0 amide bonds. The molecular formula is C16H20BrF3N2O2. The van der Waals surface area contributed by atoms with Gasteiger partial charge in [0, 0.05) is 24.5 Å². The number of carbonyl (C=O) groups is 1. The van der Waals surface area contributed by atoms with Crippen LogP contribution in [0.5, 0.6) is 0 Å². The summed E-state index contributed by atoms with van der Waals surface area (Å²) in [5.74, 6) is -0.642. The van der Waals surface area contributed by atoms with Crippen LogP contribution in [0.1, 0.15) is 35.7 Å². The van der Waals surface area contributed by atoms with Crippen molar-refractivity contribution in [1.29, 1.82) is 0 Å². The molecule has 1 rings (SSSR count). The Morgan fingerprint density at radius 1 is 1.42 bits per heavy atom. The Hall–Kier alpha value is -1.57. The molecule has 0 aliphatic rings. The number of nitrogens with zero attached hydrogens (tertiary/aromatic N) is 2. The van der Waals surface area contributed by atoms with Crippen LogP contribution in [0.25, 0.3) is 0 Å². The molecule has 0 aliphatic carbocycles. The molecule has 0 bridgehead atoms. The number of aliphatic imine (C=N–C) groups is 1. The van der Waals surface area contributed by atoms with E-state index in [0.29, 0.717) is 21.3 Å². The molecule has 0 saturated carbocycles. The van der Waals surface area contributed by atoms with Gasteiger partial charge < -0.3 is 9.64 Å². The molecule has 0 spiro atoms. The average molecular weight is 409 g/mol. The van der Waals surface area contributed by atoms with Gasteiger partial charge in [-0.3, -0.25) is 0 Å². The molecule has 0 heterocycles. The molecule has 0 saturated heterocycles. The molecule has 0 aliphatic heterocycles. The van der Waals surface area contributed by atoms with Crippen molar-refractivity contribution >= 4 is 33.9 Å². The Kier molecular flexibility index (Phi) is 7.72. The first-order valence-electron chi connectivity index (χ1n) is 7.42. The number of aryl methyl sites for hydroxylation is 1. The Bertz CT molecular complexity index is 604. The van der Waals surface area contributed by atoms with Gasteiger partial charge in [0.05, 0.1) is 24.2 Å². The summed E-state index contributed by atoms with van der Waals surface area (Å²) in [5.41, 5.74) is 1.60. The molecule has 1 aromatic carbocycles. The minimum Gasteiger partial charge on any atom is -0.462 e. The van der Waals surface area contributed by atoms with Gasteiger partial charge in [0.2, 0.25) is 0 Å². The van der Waals surface area contributed by atoms with E-state index in [1.807, 2.05) is 18.9 Å². The summed E-state index contributed by atoms with van der Waals surface area (Å²) in [4.78, 5) is 18.2. The second-order valence-corrected chi connectivity index (χ2v) is 6.15. The van der Waals surface area contributed by atoms with E-state index < -0.39 is 18.6 Å². The van der Waals surface area contributed by atoms with E-state index in [-0.39, 0.29) is 13.0 Å². The maximum atomic E-state index is 12.1. The fourth-order valence-electron chi connectivity index (χ4n) is 1.74. The van der Waals surface area contributed by atoms with Crippen molar-refractivity contribution in [3.05, 3.63) is 27.7 Å². The van der Waals surface area contributed by atoms with Crippen LogP contribution in [0, 0.1) is 6.92 Å². The van der Waals surface area contributed by atoms with E-state index in [1.165, 1.54) is 0 Å². The van der Waals surface area contributed by atoms with Crippen LogP contribution < -0.4 is 0 Å². The van der Waals surface area contributed by atoms with Crippen molar-refractivity contribution in [2.24, 2.45) is 4.99 Å². The summed E-state index contributed by atoms with van der Waals surface area (Å²) in [6, 6.07) is 3.29. The number of rotatable bonds is 7. The molecule has 134 valence electrons. The van der Waals surface area contributed by atoms with Crippen LogP contribution in [0.2, 0.25) is 0 Å². The average Bonchev–Trinajstić information content (AvgIpc) is 2.50. The SMILES string of the molecule is CCN(C)/C=N/c1cc(C)c(C(=O)OCCCC(F)(F)F)cc1Br. The highest BCUT2D eigenvalue weighted by atomic mass is 79.9. The Labute approximate surface area is 147 Å². The number of alkyl halides is 3. The third kappa shape index (κ3) is 6.90. The topological polar surface area (TPSA) is 41.9 Å².